The lowest BCUT2D eigenvalue weighted by atomic mass is 10.2. The Hall–Kier alpha value is -2.86. The van der Waals surface area contributed by atoms with Crippen LogP contribution in [-0.2, 0) is 14.3 Å². The van der Waals surface area contributed by atoms with E-state index in [4.69, 9.17) is 4.74 Å². The van der Waals surface area contributed by atoms with Gasteiger partial charge in [0.2, 0.25) is 11.8 Å². The minimum absolute atomic E-state index is 0.0596. The average molecular weight is 355 g/mol. The maximum absolute atomic E-state index is 11.9. The van der Waals surface area contributed by atoms with Crippen molar-refractivity contribution in [2.75, 3.05) is 26.8 Å². The lowest BCUT2D eigenvalue weighted by Gasteiger charge is -2.09. The van der Waals surface area contributed by atoms with Gasteiger partial charge in [-0.15, -0.1) is 0 Å². The Labute approximate surface area is 153 Å². The Morgan fingerprint density at radius 1 is 1.15 bits per heavy atom. The van der Waals surface area contributed by atoms with Gasteiger partial charge in [-0.25, -0.2) is 0 Å². The van der Waals surface area contributed by atoms with Crippen molar-refractivity contribution < 1.29 is 14.3 Å². The topological polar surface area (TPSA) is 72.4 Å². The highest BCUT2D eigenvalue weighted by Crippen LogP contribution is 2.21. The van der Waals surface area contributed by atoms with Gasteiger partial charge in [0.1, 0.15) is 0 Å². The molecule has 0 aliphatic rings. The Morgan fingerprint density at radius 3 is 2.58 bits per heavy atom. The van der Waals surface area contributed by atoms with Crippen LogP contribution in [-0.4, -0.2) is 43.2 Å². The highest BCUT2D eigenvalue weighted by atomic mass is 16.5. The second-order valence-electron chi connectivity index (χ2n) is 5.89. The van der Waals surface area contributed by atoms with Gasteiger partial charge in [0.25, 0.3) is 0 Å². The number of nitrogens with zero attached hydrogens (tertiary/aromatic N) is 1. The molecule has 2 amide bonds. The first-order chi connectivity index (χ1) is 12.5. The van der Waals surface area contributed by atoms with Crippen LogP contribution < -0.4 is 10.6 Å². The first-order valence-electron chi connectivity index (χ1n) is 8.49. The van der Waals surface area contributed by atoms with Crippen LogP contribution in [0.5, 0.6) is 0 Å². The molecule has 1 aromatic carbocycles. The molecule has 0 spiro atoms. The number of nitrogens with one attached hydrogen (secondary N) is 2. The maximum atomic E-state index is 11.9. The first-order valence-corrected chi connectivity index (χ1v) is 8.49. The third-order valence-electron chi connectivity index (χ3n) is 3.95. The molecule has 1 aromatic heterocycles. The molecule has 2 N–H and O–H groups in total. The number of methoxy groups -OCH3 is 1. The quantitative estimate of drug-likeness (QED) is 0.562. The third-order valence-corrected chi connectivity index (χ3v) is 3.95. The SMILES string of the molecule is COCCNC(=O)CNC(=O)/C=C/c1cc(C)n(-c2ccccc2)c1C. The van der Waals surface area contributed by atoms with Crippen molar-refractivity contribution in [2.45, 2.75) is 13.8 Å². The highest BCUT2D eigenvalue weighted by Gasteiger charge is 2.09. The molecule has 0 saturated carbocycles. The summed E-state index contributed by atoms with van der Waals surface area (Å²) >= 11 is 0. The van der Waals surface area contributed by atoms with E-state index in [1.54, 1.807) is 13.2 Å². The Bertz CT molecular complexity index is 779. The first kappa shape index (κ1) is 19.5. The molecule has 6 nitrogen and oxygen atoms in total. The van der Waals surface area contributed by atoms with Crippen molar-refractivity contribution >= 4 is 17.9 Å². The summed E-state index contributed by atoms with van der Waals surface area (Å²) in [5.74, 6) is -0.553. The molecule has 6 heteroatoms. The molecule has 0 unspecified atom stereocenters. The molecule has 138 valence electrons. The van der Waals surface area contributed by atoms with Crippen molar-refractivity contribution in [3.05, 3.63) is 59.4 Å². The second kappa shape index (κ2) is 9.58. The number of aromatic nitrogens is 1. The van der Waals surface area contributed by atoms with Crippen molar-refractivity contribution in [1.29, 1.82) is 0 Å². The van der Waals surface area contributed by atoms with E-state index < -0.39 is 0 Å². The summed E-state index contributed by atoms with van der Waals surface area (Å²) in [6.45, 7) is 4.85. The summed E-state index contributed by atoms with van der Waals surface area (Å²) < 4.78 is 6.98. The Morgan fingerprint density at radius 2 is 1.88 bits per heavy atom. The number of benzene rings is 1. The van der Waals surface area contributed by atoms with Crippen molar-refractivity contribution in [3.63, 3.8) is 0 Å². The fraction of sp³-hybridized carbons (Fsp3) is 0.300. The molecule has 0 saturated heterocycles. The maximum Gasteiger partial charge on any atom is 0.244 e. The van der Waals surface area contributed by atoms with Crippen LogP contribution in [0.25, 0.3) is 11.8 Å². The zero-order valence-electron chi connectivity index (χ0n) is 15.4. The standard InChI is InChI=1S/C20H25N3O3/c1-15-13-17(16(2)23(15)18-7-5-4-6-8-18)9-10-19(24)22-14-20(25)21-11-12-26-3/h4-10,13H,11-12,14H2,1-3H3,(H,21,25)(H,22,24)/b10-9+. The zero-order chi connectivity index (χ0) is 18.9. The third kappa shape index (κ3) is 5.32. The number of rotatable bonds is 8. The minimum atomic E-state index is -0.309. The van der Waals surface area contributed by atoms with Gasteiger partial charge in [-0.2, -0.15) is 0 Å². The number of amides is 2. The lowest BCUT2D eigenvalue weighted by Crippen LogP contribution is -2.37. The van der Waals surface area contributed by atoms with E-state index >= 15 is 0 Å². The van der Waals surface area contributed by atoms with Gasteiger partial charge >= 0.3 is 0 Å². The molecule has 2 rings (SSSR count). The molecule has 0 aliphatic heterocycles. The molecular weight excluding hydrogens is 330 g/mol. The number of ether oxygens (including phenoxy) is 1. The van der Waals surface area contributed by atoms with E-state index in [2.05, 4.69) is 15.2 Å². The monoisotopic (exact) mass is 355 g/mol. The molecule has 26 heavy (non-hydrogen) atoms. The average Bonchev–Trinajstić information content (AvgIpc) is 2.92. The predicted molar refractivity (Wildman–Crippen MR) is 102 cm³/mol. The van der Waals surface area contributed by atoms with Gasteiger partial charge in [0, 0.05) is 36.8 Å². The van der Waals surface area contributed by atoms with E-state index in [0.717, 1.165) is 22.6 Å². The van der Waals surface area contributed by atoms with Gasteiger partial charge in [0.15, 0.2) is 0 Å². The van der Waals surface area contributed by atoms with Gasteiger partial charge in [0.05, 0.1) is 13.2 Å². The van der Waals surface area contributed by atoms with Crippen LogP contribution in [0, 0.1) is 13.8 Å². The van der Waals surface area contributed by atoms with Gasteiger partial charge in [-0.1, -0.05) is 18.2 Å². The fourth-order valence-electron chi connectivity index (χ4n) is 2.68. The number of hydrogen-bond donors (Lipinski definition) is 2. The number of carbonyl (C=O) groups is 2. The molecule has 0 aliphatic carbocycles. The van der Waals surface area contributed by atoms with Crippen LogP contribution in [0.1, 0.15) is 17.0 Å². The molecule has 2 aromatic rings. The molecule has 0 bridgehead atoms. The van der Waals surface area contributed by atoms with Gasteiger partial charge in [-0.05, 0) is 43.7 Å². The Kier molecular flexibility index (Phi) is 7.17. The van der Waals surface area contributed by atoms with Crippen LogP contribution in [0.2, 0.25) is 0 Å². The normalized spacial score (nSPS) is 10.9. The van der Waals surface area contributed by atoms with Crippen LogP contribution in [0.4, 0.5) is 0 Å². The van der Waals surface area contributed by atoms with E-state index in [-0.39, 0.29) is 18.4 Å². The van der Waals surface area contributed by atoms with E-state index in [0.29, 0.717) is 13.2 Å². The fourth-order valence-corrected chi connectivity index (χ4v) is 2.68. The molecular formula is C20H25N3O3. The predicted octanol–water partition coefficient (Wildman–Crippen LogP) is 1.99. The lowest BCUT2D eigenvalue weighted by molar-refractivity contribution is -0.124. The summed E-state index contributed by atoms with van der Waals surface area (Å²) in [4.78, 5) is 23.5. The van der Waals surface area contributed by atoms with Gasteiger partial charge in [-0.3, -0.25) is 9.59 Å². The number of carbonyl (C=O) groups excluding carboxylic acids is 2. The molecule has 1 heterocycles. The van der Waals surface area contributed by atoms with Crippen molar-refractivity contribution in [2.24, 2.45) is 0 Å². The largest absolute Gasteiger partial charge is 0.383 e. The van der Waals surface area contributed by atoms with Crippen LogP contribution >= 0.6 is 0 Å². The van der Waals surface area contributed by atoms with E-state index in [1.807, 2.05) is 50.2 Å². The summed E-state index contributed by atoms with van der Waals surface area (Å²) in [5.41, 5.74) is 4.19. The molecule has 0 radical (unpaired) electrons. The number of aryl methyl sites for hydroxylation is 1. The van der Waals surface area contributed by atoms with E-state index in [9.17, 15) is 9.59 Å². The Balaban J connectivity index is 1.96. The summed E-state index contributed by atoms with van der Waals surface area (Å²) in [7, 11) is 1.56. The number of para-hydroxylation sites is 1. The minimum Gasteiger partial charge on any atom is -0.383 e. The van der Waals surface area contributed by atoms with Crippen LogP contribution in [0.15, 0.2) is 42.5 Å². The summed E-state index contributed by atoms with van der Waals surface area (Å²) in [6.07, 6.45) is 3.21. The highest BCUT2D eigenvalue weighted by molar-refractivity contribution is 5.94. The summed E-state index contributed by atoms with van der Waals surface area (Å²) in [5, 5.41) is 5.21. The zero-order valence-corrected chi connectivity index (χ0v) is 15.4. The summed E-state index contributed by atoms with van der Waals surface area (Å²) in [6, 6.07) is 12.1. The second-order valence-corrected chi connectivity index (χ2v) is 5.89. The molecule has 0 fully saturated rings. The van der Waals surface area contributed by atoms with Gasteiger partial charge < -0.3 is 19.9 Å². The number of hydrogen-bond acceptors (Lipinski definition) is 3. The smallest absolute Gasteiger partial charge is 0.244 e. The molecule has 0 atom stereocenters. The van der Waals surface area contributed by atoms with Crippen molar-refractivity contribution in [1.82, 2.24) is 15.2 Å². The van der Waals surface area contributed by atoms with Crippen LogP contribution in [0.3, 0.4) is 0 Å². The van der Waals surface area contributed by atoms with E-state index in [1.165, 1.54) is 6.08 Å². The van der Waals surface area contributed by atoms with Crippen molar-refractivity contribution in [3.8, 4) is 5.69 Å².